The molecule has 0 bridgehead atoms. The summed E-state index contributed by atoms with van der Waals surface area (Å²) in [6.45, 7) is 0. The lowest BCUT2D eigenvalue weighted by molar-refractivity contribution is 0.572. The van der Waals surface area contributed by atoms with Crippen molar-refractivity contribution in [1.29, 1.82) is 0 Å². The van der Waals surface area contributed by atoms with Crippen LogP contribution in [0.5, 0.6) is 0 Å². The zero-order chi connectivity index (χ0) is 14.9. The van der Waals surface area contributed by atoms with Crippen molar-refractivity contribution in [3.63, 3.8) is 0 Å². The van der Waals surface area contributed by atoms with Crippen molar-refractivity contribution in [3.8, 4) is 22.6 Å². The molecule has 21 heavy (non-hydrogen) atoms. The molecule has 6 heteroatoms. The molecule has 0 aliphatic carbocycles. The van der Waals surface area contributed by atoms with Crippen molar-refractivity contribution in [2.75, 3.05) is 0 Å². The number of hydrogen-bond donors (Lipinski definition) is 1. The first-order valence-electron chi connectivity index (χ1n) is 6.18. The third-order valence-electron chi connectivity index (χ3n) is 3.05. The van der Waals surface area contributed by atoms with E-state index in [0.717, 1.165) is 5.56 Å². The molecular formula is C15H12N2O3S. The SMILES string of the molecule is NS(=O)(=O)c1ccccc1-c1ncoc1-c1ccccc1. The molecule has 3 aromatic rings. The molecule has 3 rings (SSSR count). The fourth-order valence-electron chi connectivity index (χ4n) is 2.14. The number of nitrogens with zero attached hydrogens (tertiary/aromatic N) is 1. The summed E-state index contributed by atoms with van der Waals surface area (Å²) in [5.74, 6) is 0.506. The molecule has 0 spiro atoms. The molecular weight excluding hydrogens is 288 g/mol. The molecule has 0 aliphatic heterocycles. The molecule has 5 nitrogen and oxygen atoms in total. The third kappa shape index (κ3) is 2.58. The Balaban J connectivity index is 2.23. The standard InChI is InChI=1S/C15H12N2O3S/c16-21(18,19)13-9-5-4-8-12(13)14-15(20-10-17-14)11-6-2-1-3-7-11/h1-10H,(H2,16,18,19). The van der Waals surface area contributed by atoms with Crippen LogP contribution in [0.2, 0.25) is 0 Å². The predicted molar refractivity (Wildman–Crippen MR) is 78.7 cm³/mol. The molecule has 0 amide bonds. The number of oxazole rings is 1. The van der Waals surface area contributed by atoms with Crippen LogP contribution in [0.3, 0.4) is 0 Å². The van der Waals surface area contributed by atoms with E-state index < -0.39 is 10.0 Å². The maximum atomic E-state index is 11.7. The predicted octanol–water partition coefficient (Wildman–Crippen LogP) is 2.66. The molecule has 0 unspecified atom stereocenters. The maximum Gasteiger partial charge on any atom is 0.238 e. The lowest BCUT2D eigenvalue weighted by atomic mass is 10.1. The zero-order valence-corrected chi connectivity index (χ0v) is 11.7. The maximum absolute atomic E-state index is 11.7. The Labute approximate surface area is 122 Å². The molecule has 0 radical (unpaired) electrons. The summed E-state index contributed by atoms with van der Waals surface area (Å²) in [7, 11) is -3.84. The van der Waals surface area contributed by atoms with Crippen LogP contribution in [0.15, 0.2) is 70.3 Å². The monoisotopic (exact) mass is 300 g/mol. The quantitative estimate of drug-likeness (QED) is 0.805. The van der Waals surface area contributed by atoms with Gasteiger partial charge < -0.3 is 4.42 Å². The number of benzene rings is 2. The van der Waals surface area contributed by atoms with Crippen LogP contribution in [0.25, 0.3) is 22.6 Å². The van der Waals surface area contributed by atoms with E-state index in [2.05, 4.69) is 4.98 Å². The first-order valence-corrected chi connectivity index (χ1v) is 7.73. The highest BCUT2D eigenvalue weighted by Gasteiger charge is 2.20. The van der Waals surface area contributed by atoms with Gasteiger partial charge in [-0.25, -0.2) is 18.5 Å². The second kappa shape index (κ2) is 5.16. The van der Waals surface area contributed by atoms with Gasteiger partial charge in [0.05, 0.1) is 4.90 Å². The van der Waals surface area contributed by atoms with Crippen molar-refractivity contribution in [3.05, 3.63) is 61.0 Å². The van der Waals surface area contributed by atoms with Crippen LogP contribution in [0.4, 0.5) is 0 Å². The van der Waals surface area contributed by atoms with Crippen molar-refractivity contribution >= 4 is 10.0 Å². The van der Waals surface area contributed by atoms with Gasteiger partial charge in [-0.05, 0) is 6.07 Å². The first-order chi connectivity index (χ1) is 10.1. The minimum absolute atomic E-state index is 0.0241. The van der Waals surface area contributed by atoms with Crippen LogP contribution >= 0.6 is 0 Å². The number of rotatable bonds is 3. The fourth-order valence-corrected chi connectivity index (χ4v) is 2.88. The van der Waals surface area contributed by atoms with E-state index in [1.54, 1.807) is 18.2 Å². The van der Waals surface area contributed by atoms with Crippen LogP contribution in [0.1, 0.15) is 0 Å². The third-order valence-corrected chi connectivity index (χ3v) is 4.02. The van der Waals surface area contributed by atoms with E-state index in [1.165, 1.54) is 12.5 Å². The Morgan fingerprint density at radius 3 is 2.33 bits per heavy atom. The highest BCUT2D eigenvalue weighted by atomic mass is 32.2. The molecule has 1 aromatic heterocycles. The summed E-state index contributed by atoms with van der Waals surface area (Å²) >= 11 is 0. The normalized spacial score (nSPS) is 11.5. The van der Waals surface area contributed by atoms with E-state index in [9.17, 15) is 8.42 Å². The molecule has 0 saturated heterocycles. The molecule has 2 N–H and O–H groups in total. The van der Waals surface area contributed by atoms with Gasteiger partial charge in [-0.1, -0.05) is 48.5 Å². The molecule has 0 aliphatic rings. The summed E-state index contributed by atoms with van der Waals surface area (Å²) in [5, 5.41) is 5.27. The zero-order valence-electron chi connectivity index (χ0n) is 10.9. The topological polar surface area (TPSA) is 86.2 Å². The number of sulfonamides is 1. The van der Waals surface area contributed by atoms with Gasteiger partial charge in [0, 0.05) is 11.1 Å². The van der Waals surface area contributed by atoms with E-state index in [1.807, 2.05) is 30.3 Å². The summed E-state index contributed by atoms with van der Waals surface area (Å²) in [6, 6.07) is 15.8. The van der Waals surface area contributed by atoms with E-state index in [0.29, 0.717) is 17.0 Å². The molecule has 2 aromatic carbocycles. The Bertz CT molecular complexity index is 871. The Kier molecular flexibility index (Phi) is 3.32. The van der Waals surface area contributed by atoms with Crippen LogP contribution in [-0.2, 0) is 10.0 Å². The average Bonchev–Trinajstić information content (AvgIpc) is 2.96. The van der Waals surface area contributed by atoms with Crippen LogP contribution in [0, 0.1) is 0 Å². The molecule has 0 saturated carbocycles. The molecule has 0 atom stereocenters. The second-order valence-electron chi connectivity index (χ2n) is 4.44. The molecule has 1 heterocycles. The molecule has 106 valence electrons. The largest absolute Gasteiger partial charge is 0.443 e. The fraction of sp³-hybridized carbons (Fsp3) is 0. The number of hydrogen-bond acceptors (Lipinski definition) is 4. The second-order valence-corrected chi connectivity index (χ2v) is 5.97. The summed E-state index contributed by atoms with van der Waals surface area (Å²) < 4.78 is 28.9. The highest BCUT2D eigenvalue weighted by molar-refractivity contribution is 7.89. The Morgan fingerprint density at radius 2 is 1.62 bits per heavy atom. The Morgan fingerprint density at radius 1 is 0.952 bits per heavy atom. The van der Waals surface area contributed by atoms with Gasteiger partial charge in [0.1, 0.15) is 5.69 Å². The minimum atomic E-state index is -3.84. The van der Waals surface area contributed by atoms with Gasteiger partial charge in [-0.2, -0.15) is 0 Å². The van der Waals surface area contributed by atoms with Crippen molar-refractivity contribution in [2.45, 2.75) is 4.90 Å². The van der Waals surface area contributed by atoms with Gasteiger partial charge in [0.15, 0.2) is 12.2 Å². The van der Waals surface area contributed by atoms with Crippen LogP contribution in [-0.4, -0.2) is 13.4 Å². The Hall–Kier alpha value is -2.44. The summed E-state index contributed by atoms with van der Waals surface area (Å²) in [4.78, 5) is 4.17. The van der Waals surface area contributed by atoms with Gasteiger partial charge in [-0.3, -0.25) is 0 Å². The lowest BCUT2D eigenvalue weighted by Gasteiger charge is -2.06. The van der Waals surface area contributed by atoms with E-state index >= 15 is 0 Å². The number of primary sulfonamides is 1. The minimum Gasteiger partial charge on any atom is -0.443 e. The lowest BCUT2D eigenvalue weighted by Crippen LogP contribution is -2.13. The smallest absolute Gasteiger partial charge is 0.238 e. The van der Waals surface area contributed by atoms with Crippen molar-refractivity contribution in [2.24, 2.45) is 5.14 Å². The first kappa shape index (κ1) is 13.5. The highest BCUT2D eigenvalue weighted by Crippen LogP contribution is 2.34. The van der Waals surface area contributed by atoms with E-state index in [-0.39, 0.29) is 4.90 Å². The van der Waals surface area contributed by atoms with E-state index in [4.69, 9.17) is 9.56 Å². The molecule has 0 fully saturated rings. The number of nitrogens with two attached hydrogens (primary N) is 1. The van der Waals surface area contributed by atoms with Crippen molar-refractivity contribution < 1.29 is 12.8 Å². The average molecular weight is 300 g/mol. The van der Waals surface area contributed by atoms with Gasteiger partial charge in [0.2, 0.25) is 10.0 Å². The van der Waals surface area contributed by atoms with Crippen LogP contribution < -0.4 is 5.14 Å². The number of aromatic nitrogens is 1. The van der Waals surface area contributed by atoms with Gasteiger partial charge >= 0.3 is 0 Å². The van der Waals surface area contributed by atoms with Gasteiger partial charge in [-0.15, -0.1) is 0 Å². The van der Waals surface area contributed by atoms with Gasteiger partial charge in [0.25, 0.3) is 0 Å². The van der Waals surface area contributed by atoms with Crippen molar-refractivity contribution in [1.82, 2.24) is 4.98 Å². The summed E-state index contributed by atoms with van der Waals surface area (Å²) in [5.41, 5.74) is 1.69. The summed E-state index contributed by atoms with van der Waals surface area (Å²) in [6.07, 6.45) is 1.29.